The Kier molecular flexibility index (Phi) is 6.09. The number of carbonyl (C=O) groups is 2. The molecule has 1 aromatic heterocycles. The molecule has 0 aliphatic carbocycles. The van der Waals surface area contributed by atoms with Gasteiger partial charge in [-0.25, -0.2) is 9.78 Å². The average Bonchev–Trinajstić information content (AvgIpc) is 2.61. The molecular weight excluding hydrogens is 431 g/mol. The summed E-state index contributed by atoms with van der Waals surface area (Å²) in [4.78, 5) is 28.4. The zero-order chi connectivity index (χ0) is 20.2. The van der Waals surface area contributed by atoms with E-state index in [1.807, 2.05) is 5.32 Å². The molecule has 0 aliphatic rings. The molecule has 1 atom stereocenters. The van der Waals surface area contributed by atoms with Crippen molar-refractivity contribution in [1.82, 2.24) is 10.3 Å². The molecule has 0 radical (unpaired) electrons. The van der Waals surface area contributed by atoms with Gasteiger partial charge in [-0.2, -0.15) is 13.2 Å². The van der Waals surface area contributed by atoms with E-state index >= 15 is 0 Å². The fourth-order valence-corrected chi connectivity index (χ4v) is 2.49. The lowest BCUT2D eigenvalue weighted by Gasteiger charge is -2.34. The number of methoxy groups -OCH3 is 1. The lowest BCUT2D eigenvalue weighted by molar-refractivity contribution is -0.203. The Morgan fingerprint density at radius 1 is 1.15 bits per heavy atom. The highest BCUT2D eigenvalue weighted by atomic mass is 79.9. The van der Waals surface area contributed by atoms with Gasteiger partial charge in [0.05, 0.1) is 7.11 Å². The van der Waals surface area contributed by atoms with E-state index in [4.69, 9.17) is 0 Å². The molecule has 0 spiro atoms. The summed E-state index contributed by atoms with van der Waals surface area (Å²) in [5, 5.41) is 3.71. The fraction of sp³-hybridized carbons (Fsp3) is 0.235. The quantitative estimate of drug-likeness (QED) is 0.544. The van der Waals surface area contributed by atoms with Gasteiger partial charge in [0, 0.05) is 16.2 Å². The molecule has 0 saturated carbocycles. The Morgan fingerprint density at radius 3 is 2.33 bits per heavy atom. The molecule has 2 aromatic rings. The fourth-order valence-electron chi connectivity index (χ4n) is 2.25. The Hall–Kier alpha value is -2.62. The van der Waals surface area contributed by atoms with Crippen molar-refractivity contribution < 1.29 is 27.5 Å². The van der Waals surface area contributed by atoms with E-state index < -0.39 is 23.7 Å². The van der Waals surface area contributed by atoms with Crippen molar-refractivity contribution in [2.24, 2.45) is 0 Å². The molecule has 0 bridgehead atoms. The van der Waals surface area contributed by atoms with Crippen molar-refractivity contribution in [1.29, 1.82) is 0 Å². The van der Waals surface area contributed by atoms with Crippen LogP contribution in [0.15, 0.2) is 47.1 Å². The van der Waals surface area contributed by atoms with Crippen molar-refractivity contribution in [2.45, 2.75) is 18.8 Å². The van der Waals surface area contributed by atoms with Crippen molar-refractivity contribution >= 4 is 33.6 Å². The summed E-state index contributed by atoms with van der Waals surface area (Å²) >= 11 is 3.11. The minimum atomic E-state index is -5.23. The topological polar surface area (TPSA) is 80.3 Å². The number of hydrogen-bond donors (Lipinski definition) is 2. The largest absolute Gasteiger partial charge is 0.466 e. The number of hydrogen-bond acceptors (Lipinski definition) is 5. The maximum atomic E-state index is 13.9. The maximum absolute atomic E-state index is 13.9. The highest BCUT2D eigenvalue weighted by molar-refractivity contribution is 9.10. The van der Waals surface area contributed by atoms with Crippen LogP contribution in [-0.4, -0.2) is 35.8 Å². The minimum Gasteiger partial charge on any atom is -0.466 e. The number of aromatic nitrogens is 1. The third kappa shape index (κ3) is 4.38. The second-order valence-electron chi connectivity index (χ2n) is 5.50. The first-order valence-corrected chi connectivity index (χ1v) is 8.33. The van der Waals surface area contributed by atoms with Crippen LogP contribution < -0.4 is 10.6 Å². The number of aryl methyl sites for hydroxylation is 1. The van der Waals surface area contributed by atoms with E-state index in [1.54, 1.807) is 24.4 Å². The number of pyridine rings is 1. The van der Waals surface area contributed by atoms with Gasteiger partial charge in [0.2, 0.25) is 0 Å². The molecule has 10 heteroatoms. The molecule has 2 N–H and O–H groups in total. The number of benzene rings is 1. The molecule has 0 aliphatic heterocycles. The number of nitrogens with one attached hydrogen (secondary N) is 2. The van der Waals surface area contributed by atoms with Crippen molar-refractivity contribution in [2.75, 3.05) is 12.4 Å². The normalized spacial score (nSPS) is 13.4. The highest BCUT2D eigenvalue weighted by Gasteiger charge is 2.63. The SMILES string of the molecule is COC(=O)C(NC(=O)c1ccccc1C)(Nc1ccc(Br)cn1)C(F)(F)F. The van der Waals surface area contributed by atoms with E-state index in [9.17, 15) is 22.8 Å². The molecule has 1 unspecified atom stereocenters. The number of amides is 1. The summed E-state index contributed by atoms with van der Waals surface area (Å²) in [6.45, 7) is 1.56. The summed E-state index contributed by atoms with van der Waals surface area (Å²) in [7, 11) is 0.791. The van der Waals surface area contributed by atoms with Crippen LogP contribution in [0.3, 0.4) is 0 Å². The van der Waals surface area contributed by atoms with Crippen LogP contribution in [0.2, 0.25) is 0 Å². The second kappa shape index (κ2) is 7.95. The summed E-state index contributed by atoms with van der Waals surface area (Å²) in [5.41, 5.74) is -3.10. The van der Waals surface area contributed by atoms with Gasteiger partial charge in [-0.1, -0.05) is 18.2 Å². The summed E-state index contributed by atoms with van der Waals surface area (Å²) < 4.78 is 46.7. The minimum absolute atomic E-state index is 0.0133. The molecule has 6 nitrogen and oxygen atoms in total. The van der Waals surface area contributed by atoms with E-state index in [0.717, 1.165) is 7.11 Å². The van der Waals surface area contributed by atoms with Gasteiger partial charge in [-0.05, 0) is 46.6 Å². The first-order valence-electron chi connectivity index (χ1n) is 7.54. The van der Waals surface area contributed by atoms with Crippen LogP contribution in [-0.2, 0) is 9.53 Å². The smallest absolute Gasteiger partial charge is 0.441 e. The van der Waals surface area contributed by atoms with Crippen LogP contribution in [0.4, 0.5) is 19.0 Å². The van der Waals surface area contributed by atoms with Gasteiger partial charge in [0.1, 0.15) is 5.82 Å². The number of esters is 1. The van der Waals surface area contributed by atoms with E-state index in [1.165, 1.54) is 30.5 Å². The number of anilines is 1. The van der Waals surface area contributed by atoms with Gasteiger partial charge in [-0.15, -0.1) is 0 Å². The molecule has 0 fully saturated rings. The van der Waals surface area contributed by atoms with Gasteiger partial charge >= 0.3 is 17.8 Å². The summed E-state index contributed by atoms with van der Waals surface area (Å²) in [6.07, 6.45) is -3.99. The van der Waals surface area contributed by atoms with E-state index in [-0.39, 0.29) is 11.4 Å². The Bertz CT molecular complexity index is 843. The molecule has 1 aromatic carbocycles. The van der Waals surface area contributed by atoms with Crippen molar-refractivity contribution in [3.05, 3.63) is 58.2 Å². The number of alkyl halides is 3. The van der Waals surface area contributed by atoms with Crippen LogP contribution >= 0.6 is 15.9 Å². The van der Waals surface area contributed by atoms with Gasteiger partial charge < -0.3 is 15.4 Å². The Morgan fingerprint density at radius 2 is 1.81 bits per heavy atom. The summed E-state index contributed by atoms with van der Waals surface area (Å²) in [6, 6.07) is 8.68. The first-order chi connectivity index (χ1) is 12.6. The zero-order valence-corrected chi connectivity index (χ0v) is 15.8. The van der Waals surface area contributed by atoms with Gasteiger partial charge in [-0.3, -0.25) is 4.79 Å². The van der Waals surface area contributed by atoms with Crippen LogP contribution in [0.25, 0.3) is 0 Å². The van der Waals surface area contributed by atoms with Gasteiger partial charge in [0.25, 0.3) is 5.91 Å². The number of nitrogens with zero attached hydrogens (tertiary/aromatic N) is 1. The predicted octanol–water partition coefficient (Wildman–Crippen LogP) is 3.43. The Balaban J connectivity index is 2.50. The lowest BCUT2D eigenvalue weighted by Crippen LogP contribution is -2.69. The van der Waals surface area contributed by atoms with Crippen LogP contribution in [0.1, 0.15) is 15.9 Å². The van der Waals surface area contributed by atoms with E-state index in [0.29, 0.717) is 10.0 Å². The lowest BCUT2D eigenvalue weighted by atomic mass is 10.1. The molecule has 27 heavy (non-hydrogen) atoms. The molecule has 2 rings (SSSR count). The van der Waals surface area contributed by atoms with Gasteiger partial charge in [0.15, 0.2) is 0 Å². The Labute approximate surface area is 161 Å². The van der Waals surface area contributed by atoms with Crippen LogP contribution in [0, 0.1) is 6.92 Å². The monoisotopic (exact) mass is 445 g/mol. The molecule has 144 valence electrons. The van der Waals surface area contributed by atoms with Crippen molar-refractivity contribution in [3.63, 3.8) is 0 Å². The molecule has 0 saturated heterocycles. The third-order valence-corrected chi connectivity index (χ3v) is 4.12. The second-order valence-corrected chi connectivity index (χ2v) is 6.41. The molecular formula is C17H15BrF3N3O3. The van der Waals surface area contributed by atoms with Crippen molar-refractivity contribution in [3.8, 4) is 0 Å². The third-order valence-electron chi connectivity index (χ3n) is 3.65. The number of halogens is 4. The number of rotatable bonds is 5. The highest BCUT2D eigenvalue weighted by Crippen LogP contribution is 2.33. The van der Waals surface area contributed by atoms with Crippen LogP contribution in [0.5, 0.6) is 0 Å². The first kappa shape index (κ1) is 20.7. The molecule has 1 heterocycles. The van der Waals surface area contributed by atoms with E-state index in [2.05, 4.69) is 25.7 Å². The maximum Gasteiger partial charge on any atom is 0.441 e. The average molecular weight is 446 g/mol. The predicted molar refractivity (Wildman–Crippen MR) is 95.0 cm³/mol. The molecule has 1 amide bonds. The number of ether oxygens (including phenoxy) is 1. The number of carbonyl (C=O) groups excluding carboxylic acids is 2. The standard InChI is InChI=1S/C17H15BrF3N3O3/c1-10-5-3-4-6-12(10)14(25)24-16(15(26)27-2,17(19,20)21)23-13-8-7-11(18)9-22-13/h3-9H,1-2H3,(H,22,23)(H,24,25). The zero-order valence-electron chi connectivity index (χ0n) is 14.2. The summed E-state index contributed by atoms with van der Waals surface area (Å²) in [5.74, 6) is -3.12.